The lowest BCUT2D eigenvalue weighted by molar-refractivity contribution is 0.0134. The van der Waals surface area contributed by atoms with Gasteiger partial charge in [-0.1, -0.05) is 34.6 Å². The fourth-order valence-electron chi connectivity index (χ4n) is 4.60. The van der Waals surface area contributed by atoms with Crippen molar-refractivity contribution in [3.05, 3.63) is 0 Å². The Morgan fingerprint density at radius 3 is 2.28 bits per heavy atom. The second kappa shape index (κ2) is 4.49. The molecule has 0 aliphatic heterocycles. The smallest absolute Gasteiger partial charge is 0.0766 e. The maximum Gasteiger partial charge on any atom is 0.0766 e. The number of hydrogen-bond donors (Lipinski definition) is 2. The number of rotatable bonds is 5. The molecular formula is C16H31NO. The van der Waals surface area contributed by atoms with E-state index in [1.165, 1.54) is 19.3 Å². The Bertz CT molecular complexity index is 303. The van der Waals surface area contributed by atoms with Gasteiger partial charge in [0.1, 0.15) is 0 Å². The van der Waals surface area contributed by atoms with Crippen LogP contribution in [0.4, 0.5) is 0 Å². The molecule has 2 aliphatic carbocycles. The Morgan fingerprint density at radius 1 is 1.22 bits per heavy atom. The van der Waals surface area contributed by atoms with Crippen molar-refractivity contribution in [2.45, 2.75) is 78.4 Å². The molecule has 0 saturated heterocycles. The van der Waals surface area contributed by atoms with E-state index in [0.717, 1.165) is 25.3 Å². The Morgan fingerprint density at radius 2 is 1.83 bits per heavy atom. The molecule has 0 heterocycles. The number of fused-ring (bicyclic) bond motifs is 2. The largest absolute Gasteiger partial charge is 0.389 e. The normalized spacial score (nSPS) is 38.3. The summed E-state index contributed by atoms with van der Waals surface area (Å²) in [6.07, 6.45) is 5.80. The van der Waals surface area contributed by atoms with Crippen molar-refractivity contribution in [2.24, 2.45) is 16.7 Å². The van der Waals surface area contributed by atoms with Gasteiger partial charge in [-0.3, -0.25) is 0 Å². The summed E-state index contributed by atoms with van der Waals surface area (Å²) in [5.74, 6) is 0.872. The van der Waals surface area contributed by atoms with Crippen LogP contribution in [0, 0.1) is 16.7 Å². The van der Waals surface area contributed by atoms with Crippen LogP contribution < -0.4 is 5.32 Å². The summed E-state index contributed by atoms with van der Waals surface area (Å²) in [6.45, 7) is 12.2. The second-order valence-electron chi connectivity index (χ2n) is 7.66. The zero-order chi connectivity index (χ0) is 13.6. The first-order valence-corrected chi connectivity index (χ1v) is 7.73. The summed E-state index contributed by atoms with van der Waals surface area (Å²) >= 11 is 0. The van der Waals surface area contributed by atoms with E-state index in [2.05, 4.69) is 39.9 Å². The van der Waals surface area contributed by atoms with E-state index in [1.807, 2.05) is 0 Å². The van der Waals surface area contributed by atoms with Crippen LogP contribution >= 0.6 is 0 Å². The molecule has 2 fully saturated rings. The molecule has 3 atom stereocenters. The first-order valence-electron chi connectivity index (χ1n) is 7.73. The molecule has 2 bridgehead atoms. The minimum atomic E-state index is -0.520. The van der Waals surface area contributed by atoms with Crippen molar-refractivity contribution in [3.63, 3.8) is 0 Å². The van der Waals surface area contributed by atoms with Crippen molar-refractivity contribution in [1.29, 1.82) is 0 Å². The lowest BCUT2D eigenvalue weighted by atomic mass is 9.68. The van der Waals surface area contributed by atoms with Crippen LogP contribution in [0.3, 0.4) is 0 Å². The monoisotopic (exact) mass is 253 g/mol. The second-order valence-corrected chi connectivity index (χ2v) is 7.66. The average molecular weight is 253 g/mol. The van der Waals surface area contributed by atoms with Gasteiger partial charge in [-0.2, -0.15) is 0 Å². The number of aliphatic hydroxyl groups is 1. The van der Waals surface area contributed by atoms with Gasteiger partial charge >= 0.3 is 0 Å². The van der Waals surface area contributed by atoms with Gasteiger partial charge in [0.25, 0.3) is 0 Å². The van der Waals surface area contributed by atoms with Crippen LogP contribution in [0.2, 0.25) is 0 Å². The van der Waals surface area contributed by atoms with E-state index < -0.39 is 5.60 Å². The molecule has 1 unspecified atom stereocenters. The van der Waals surface area contributed by atoms with Crippen LogP contribution in [0.5, 0.6) is 0 Å². The van der Waals surface area contributed by atoms with Gasteiger partial charge in [-0.15, -0.1) is 0 Å². The van der Waals surface area contributed by atoms with E-state index in [-0.39, 0.29) is 0 Å². The third kappa shape index (κ3) is 2.12. The first kappa shape index (κ1) is 14.3. The Kier molecular flexibility index (Phi) is 3.57. The molecule has 0 radical (unpaired) electrons. The van der Waals surface area contributed by atoms with Gasteiger partial charge in [-0.05, 0) is 48.9 Å². The quantitative estimate of drug-likeness (QED) is 0.787. The Hall–Kier alpha value is -0.0800. The van der Waals surface area contributed by atoms with E-state index >= 15 is 0 Å². The summed E-state index contributed by atoms with van der Waals surface area (Å²) in [6, 6.07) is 0.563. The molecule has 0 aromatic heterocycles. The number of nitrogens with one attached hydrogen (secondary N) is 1. The molecule has 0 aromatic carbocycles. The van der Waals surface area contributed by atoms with E-state index in [1.54, 1.807) is 0 Å². The molecular weight excluding hydrogens is 222 g/mol. The van der Waals surface area contributed by atoms with Gasteiger partial charge in [0.2, 0.25) is 0 Å². The van der Waals surface area contributed by atoms with Crippen LogP contribution in [-0.2, 0) is 0 Å². The van der Waals surface area contributed by atoms with Crippen LogP contribution in [0.1, 0.15) is 66.7 Å². The van der Waals surface area contributed by atoms with Crippen molar-refractivity contribution >= 4 is 0 Å². The van der Waals surface area contributed by atoms with Crippen molar-refractivity contribution in [1.82, 2.24) is 5.32 Å². The van der Waals surface area contributed by atoms with Crippen LogP contribution in [0.25, 0.3) is 0 Å². The highest BCUT2D eigenvalue weighted by Crippen LogP contribution is 2.62. The molecule has 2 nitrogen and oxygen atoms in total. The molecule has 2 N–H and O–H groups in total. The highest BCUT2D eigenvalue weighted by atomic mass is 16.3. The molecule has 0 spiro atoms. The van der Waals surface area contributed by atoms with E-state index in [9.17, 15) is 5.11 Å². The fourth-order valence-corrected chi connectivity index (χ4v) is 4.60. The molecule has 2 rings (SSSR count). The lowest BCUT2D eigenvalue weighted by Gasteiger charge is -2.44. The van der Waals surface area contributed by atoms with Gasteiger partial charge in [-0.25, -0.2) is 0 Å². The molecule has 2 aliphatic rings. The summed E-state index contributed by atoms with van der Waals surface area (Å²) < 4.78 is 0. The standard InChI is InChI=1S/C16H31NO/c1-6-16(18,7-2)11-17-13-14(3,4)12-8-9-15(13,5)10-12/h12-13,17-18H,6-11H2,1-5H3/t12-,13?,15+/m0/s1. The van der Waals surface area contributed by atoms with Gasteiger partial charge in [0.05, 0.1) is 5.60 Å². The van der Waals surface area contributed by atoms with Crippen LogP contribution in [-0.4, -0.2) is 23.3 Å². The molecule has 18 heavy (non-hydrogen) atoms. The van der Waals surface area contributed by atoms with Crippen LogP contribution in [0.15, 0.2) is 0 Å². The number of hydrogen-bond acceptors (Lipinski definition) is 2. The van der Waals surface area contributed by atoms with E-state index in [0.29, 0.717) is 16.9 Å². The lowest BCUT2D eigenvalue weighted by Crippen LogP contribution is -2.54. The fraction of sp³-hybridized carbons (Fsp3) is 1.00. The zero-order valence-corrected chi connectivity index (χ0v) is 12.8. The minimum absolute atomic E-state index is 0.384. The predicted octanol–water partition coefficient (Wildman–Crippen LogP) is 3.34. The third-order valence-electron chi connectivity index (χ3n) is 6.22. The Labute approximate surface area is 113 Å². The molecule has 106 valence electrons. The maximum atomic E-state index is 10.5. The van der Waals surface area contributed by atoms with Gasteiger partial charge < -0.3 is 10.4 Å². The minimum Gasteiger partial charge on any atom is -0.389 e. The van der Waals surface area contributed by atoms with Crippen molar-refractivity contribution in [3.8, 4) is 0 Å². The molecule has 2 saturated carbocycles. The molecule has 0 aromatic rings. The topological polar surface area (TPSA) is 32.3 Å². The first-order chi connectivity index (χ1) is 8.27. The van der Waals surface area contributed by atoms with Gasteiger partial charge in [0, 0.05) is 12.6 Å². The Balaban J connectivity index is 2.05. The van der Waals surface area contributed by atoms with E-state index in [4.69, 9.17) is 0 Å². The highest BCUT2D eigenvalue weighted by molar-refractivity contribution is 5.12. The summed E-state index contributed by atoms with van der Waals surface area (Å²) in [5.41, 5.74) is 0.320. The SMILES string of the molecule is CCC(O)(CC)CNC1C(C)(C)[C@H]2CC[C@]1(C)C2. The highest BCUT2D eigenvalue weighted by Gasteiger charge is 2.59. The van der Waals surface area contributed by atoms with Crippen molar-refractivity contribution in [2.75, 3.05) is 6.54 Å². The zero-order valence-electron chi connectivity index (χ0n) is 12.8. The summed E-state index contributed by atoms with van der Waals surface area (Å²) in [7, 11) is 0. The third-order valence-corrected chi connectivity index (χ3v) is 6.22. The molecule has 2 heteroatoms. The average Bonchev–Trinajstić information content (AvgIpc) is 2.79. The van der Waals surface area contributed by atoms with Gasteiger partial charge in [0.15, 0.2) is 0 Å². The predicted molar refractivity (Wildman–Crippen MR) is 76.6 cm³/mol. The summed E-state index contributed by atoms with van der Waals surface area (Å²) in [5, 5.41) is 14.2. The van der Waals surface area contributed by atoms with Crippen molar-refractivity contribution < 1.29 is 5.11 Å². The maximum absolute atomic E-state index is 10.5. The molecule has 0 amide bonds. The summed E-state index contributed by atoms with van der Waals surface area (Å²) in [4.78, 5) is 0.